The van der Waals surface area contributed by atoms with Gasteiger partial charge in [-0.05, 0) is 29.2 Å². The second-order valence-corrected chi connectivity index (χ2v) is 9.74. The molecule has 0 atom stereocenters. The highest BCUT2D eigenvalue weighted by atomic mass is 28.3. The summed E-state index contributed by atoms with van der Waals surface area (Å²) >= 11 is 0. The van der Waals surface area contributed by atoms with E-state index in [-0.39, 0.29) is 0 Å². The van der Waals surface area contributed by atoms with Crippen molar-refractivity contribution in [1.29, 1.82) is 0 Å². The zero-order chi connectivity index (χ0) is 16.1. The molecule has 0 aliphatic heterocycles. The van der Waals surface area contributed by atoms with E-state index in [1.165, 1.54) is 15.6 Å². The molecule has 0 saturated heterocycles. The molecule has 0 radical (unpaired) electrons. The normalized spacial score (nSPS) is 11.6. The predicted octanol–water partition coefficient (Wildman–Crippen LogP) is 2.61. The van der Waals surface area contributed by atoms with E-state index < -0.39 is 8.24 Å². The number of benzene rings is 3. The van der Waals surface area contributed by atoms with E-state index in [1.807, 2.05) is 0 Å². The van der Waals surface area contributed by atoms with Crippen LogP contribution in [0.25, 0.3) is 0 Å². The van der Waals surface area contributed by atoms with Gasteiger partial charge in [-0.3, -0.25) is 0 Å². The standard InChI is InChI=1S/C21H23NSi/c1-3-22(2)23(19-13-7-4-8-14-19,20-15-9-5-10-16-20)21-17-11-6-12-18-21/h4-18H,3H2,1-2H3. The summed E-state index contributed by atoms with van der Waals surface area (Å²) in [7, 11) is 0.0692. The molecule has 23 heavy (non-hydrogen) atoms. The summed E-state index contributed by atoms with van der Waals surface area (Å²) in [6, 6.07) is 33.0. The molecule has 0 spiro atoms. The molecule has 3 aromatic carbocycles. The smallest absolute Gasteiger partial charge is 0.224 e. The van der Waals surface area contributed by atoms with Gasteiger partial charge in [-0.15, -0.1) is 0 Å². The predicted molar refractivity (Wildman–Crippen MR) is 102 cm³/mol. The molecular formula is C21H23NSi. The van der Waals surface area contributed by atoms with Crippen LogP contribution in [0.5, 0.6) is 0 Å². The maximum atomic E-state index is 2.56. The van der Waals surface area contributed by atoms with Crippen LogP contribution in [0, 0.1) is 0 Å². The van der Waals surface area contributed by atoms with Crippen LogP contribution in [0.15, 0.2) is 91.0 Å². The van der Waals surface area contributed by atoms with Gasteiger partial charge in [-0.25, -0.2) is 0 Å². The molecule has 0 fully saturated rings. The van der Waals surface area contributed by atoms with Crippen molar-refractivity contribution in [3.05, 3.63) is 91.0 Å². The molecule has 0 saturated carbocycles. The lowest BCUT2D eigenvalue weighted by Crippen LogP contribution is -2.76. The van der Waals surface area contributed by atoms with Gasteiger partial charge in [0, 0.05) is 0 Å². The van der Waals surface area contributed by atoms with Gasteiger partial charge in [0.25, 0.3) is 0 Å². The van der Waals surface area contributed by atoms with Crippen molar-refractivity contribution in [2.75, 3.05) is 13.6 Å². The van der Waals surface area contributed by atoms with Gasteiger partial charge < -0.3 is 4.57 Å². The van der Waals surface area contributed by atoms with Gasteiger partial charge in [0.2, 0.25) is 8.24 Å². The molecule has 0 aliphatic carbocycles. The fourth-order valence-corrected chi connectivity index (χ4v) is 8.26. The van der Waals surface area contributed by atoms with Crippen LogP contribution in [0.2, 0.25) is 0 Å². The zero-order valence-electron chi connectivity index (χ0n) is 13.8. The van der Waals surface area contributed by atoms with Crippen LogP contribution in [-0.4, -0.2) is 26.4 Å². The Labute approximate surface area is 140 Å². The highest BCUT2D eigenvalue weighted by molar-refractivity contribution is 7.09. The van der Waals surface area contributed by atoms with Gasteiger partial charge in [0.05, 0.1) is 0 Å². The minimum Gasteiger partial charge on any atom is -0.316 e. The molecule has 0 bridgehead atoms. The molecule has 1 nitrogen and oxygen atoms in total. The first-order valence-electron chi connectivity index (χ1n) is 8.18. The van der Waals surface area contributed by atoms with Gasteiger partial charge >= 0.3 is 0 Å². The van der Waals surface area contributed by atoms with Crippen molar-refractivity contribution < 1.29 is 0 Å². The highest BCUT2D eigenvalue weighted by Crippen LogP contribution is 2.11. The second-order valence-electron chi connectivity index (χ2n) is 5.82. The lowest BCUT2D eigenvalue weighted by atomic mass is 10.3. The molecule has 0 unspecified atom stereocenters. The summed E-state index contributed by atoms with van der Waals surface area (Å²) in [5.41, 5.74) is 0. The lowest BCUT2D eigenvalue weighted by molar-refractivity contribution is 0.554. The summed E-state index contributed by atoms with van der Waals surface area (Å²) in [6.07, 6.45) is 0. The Hall–Kier alpha value is -2.16. The maximum absolute atomic E-state index is 2.56. The second kappa shape index (κ2) is 6.94. The third-order valence-corrected chi connectivity index (χ3v) is 9.59. The Balaban J connectivity index is 2.35. The first-order valence-corrected chi connectivity index (χ1v) is 10.1. The van der Waals surface area contributed by atoms with E-state index in [9.17, 15) is 0 Å². The fraction of sp³-hybridized carbons (Fsp3) is 0.143. The van der Waals surface area contributed by atoms with E-state index in [4.69, 9.17) is 0 Å². The molecule has 2 heteroatoms. The van der Waals surface area contributed by atoms with Crippen molar-refractivity contribution in [2.45, 2.75) is 6.92 Å². The summed E-state index contributed by atoms with van der Waals surface area (Å²) < 4.78 is 2.56. The van der Waals surface area contributed by atoms with Crippen LogP contribution in [0.1, 0.15) is 6.92 Å². The van der Waals surface area contributed by atoms with Crippen molar-refractivity contribution >= 4 is 23.8 Å². The molecule has 3 aromatic rings. The molecule has 0 amide bonds. The molecule has 0 heterocycles. The summed E-state index contributed by atoms with van der Waals surface area (Å²) in [5, 5.41) is 4.30. The average molecular weight is 318 g/mol. The largest absolute Gasteiger partial charge is 0.316 e. The third kappa shape index (κ3) is 2.76. The Bertz CT molecular complexity index is 629. The quantitative estimate of drug-likeness (QED) is 0.516. The van der Waals surface area contributed by atoms with Gasteiger partial charge in [0.1, 0.15) is 0 Å². The molecule has 0 aliphatic rings. The molecular weight excluding hydrogens is 294 g/mol. The SMILES string of the molecule is CCN(C)[Si](c1ccccc1)(c1ccccc1)c1ccccc1. The first-order chi connectivity index (χ1) is 11.3. The number of hydrogen-bond acceptors (Lipinski definition) is 1. The minimum atomic E-state index is -2.19. The first kappa shape index (κ1) is 15.7. The molecule has 116 valence electrons. The lowest BCUT2D eigenvalue weighted by Gasteiger charge is -2.40. The maximum Gasteiger partial charge on any atom is 0.224 e. The van der Waals surface area contributed by atoms with Crippen molar-refractivity contribution in [2.24, 2.45) is 0 Å². The van der Waals surface area contributed by atoms with E-state index in [1.54, 1.807) is 0 Å². The number of nitrogens with zero attached hydrogens (tertiary/aromatic N) is 1. The van der Waals surface area contributed by atoms with Crippen LogP contribution in [0.3, 0.4) is 0 Å². The molecule has 0 aromatic heterocycles. The van der Waals surface area contributed by atoms with Crippen molar-refractivity contribution in [3.63, 3.8) is 0 Å². The monoisotopic (exact) mass is 317 g/mol. The zero-order valence-corrected chi connectivity index (χ0v) is 14.8. The van der Waals surface area contributed by atoms with Gasteiger partial charge in [-0.2, -0.15) is 0 Å². The molecule has 0 N–H and O–H groups in total. The Morgan fingerprint density at radius 2 is 0.913 bits per heavy atom. The van der Waals surface area contributed by atoms with Crippen LogP contribution < -0.4 is 15.6 Å². The van der Waals surface area contributed by atoms with Gasteiger partial charge in [0.15, 0.2) is 0 Å². The van der Waals surface area contributed by atoms with Crippen molar-refractivity contribution in [3.8, 4) is 0 Å². The van der Waals surface area contributed by atoms with Crippen LogP contribution in [0.4, 0.5) is 0 Å². The highest BCUT2D eigenvalue weighted by Gasteiger charge is 2.42. The molecule has 3 rings (SSSR count). The van der Waals surface area contributed by atoms with Crippen molar-refractivity contribution in [1.82, 2.24) is 4.57 Å². The van der Waals surface area contributed by atoms with E-state index in [0.29, 0.717) is 0 Å². The summed E-state index contributed by atoms with van der Waals surface area (Å²) in [4.78, 5) is 0. The fourth-order valence-electron chi connectivity index (χ4n) is 3.44. The van der Waals surface area contributed by atoms with E-state index in [0.717, 1.165) is 6.54 Å². The summed E-state index contributed by atoms with van der Waals surface area (Å²) in [6.45, 7) is 3.27. The van der Waals surface area contributed by atoms with Crippen LogP contribution in [-0.2, 0) is 0 Å². The van der Waals surface area contributed by atoms with E-state index in [2.05, 4.69) is 110 Å². The Kier molecular flexibility index (Phi) is 4.75. The van der Waals surface area contributed by atoms with Gasteiger partial charge in [-0.1, -0.05) is 97.9 Å². The minimum absolute atomic E-state index is 1.02. The topological polar surface area (TPSA) is 3.24 Å². The number of hydrogen-bond donors (Lipinski definition) is 0. The third-order valence-electron chi connectivity index (χ3n) is 4.62. The van der Waals surface area contributed by atoms with E-state index >= 15 is 0 Å². The Morgan fingerprint density at radius 3 is 1.17 bits per heavy atom. The average Bonchev–Trinajstić information content (AvgIpc) is 2.65. The number of rotatable bonds is 5. The summed E-state index contributed by atoms with van der Waals surface area (Å²) in [5.74, 6) is 0. The van der Waals surface area contributed by atoms with Crippen LogP contribution >= 0.6 is 0 Å². The Morgan fingerprint density at radius 1 is 0.609 bits per heavy atom.